The number of methoxy groups -OCH3 is 1. The molecule has 128 valence electrons. The van der Waals surface area contributed by atoms with Crippen LogP contribution in [-0.2, 0) is 20.9 Å². The number of nitrogens with zero attached hydrogens (tertiary/aromatic N) is 3. The first-order chi connectivity index (χ1) is 10.9. The van der Waals surface area contributed by atoms with Gasteiger partial charge in [0.25, 0.3) is 0 Å². The Morgan fingerprint density at radius 3 is 2.70 bits per heavy atom. The Bertz CT molecular complexity index is 599. The molecule has 23 heavy (non-hydrogen) atoms. The number of aryl methyl sites for hydroxylation is 2. The highest BCUT2D eigenvalue weighted by Crippen LogP contribution is 2.21. The summed E-state index contributed by atoms with van der Waals surface area (Å²) in [5.74, 6) is -0.671. The number of carbonyl (C=O) groups is 2. The van der Waals surface area contributed by atoms with Gasteiger partial charge in [-0.15, -0.1) is 0 Å². The Morgan fingerprint density at radius 2 is 2.13 bits per heavy atom. The second kappa shape index (κ2) is 7.10. The topological polar surface area (TPSA) is 96.7 Å². The summed E-state index contributed by atoms with van der Waals surface area (Å²) in [6, 6.07) is -0.582. The maximum Gasteiger partial charge on any atom is 0.323 e. The number of esters is 1. The molecule has 8 nitrogen and oxygen atoms in total. The fourth-order valence-corrected chi connectivity index (χ4v) is 2.98. The molecule has 2 rings (SSSR count). The van der Waals surface area contributed by atoms with Gasteiger partial charge < -0.3 is 15.2 Å². The second-order valence-electron chi connectivity index (χ2n) is 5.77. The first kappa shape index (κ1) is 17.4. The number of aliphatic hydroxyl groups is 1. The van der Waals surface area contributed by atoms with Crippen LogP contribution in [0.2, 0.25) is 0 Å². The van der Waals surface area contributed by atoms with Gasteiger partial charge in [0, 0.05) is 19.5 Å². The molecule has 0 aromatic carbocycles. The minimum atomic E-state index is -0.627. The summed E-state index contributed by atoms with van der Waals surface area (Å²) in [6.07, 6.45) is -0.343. The lowest BCUT2D eigenvalue weighted by Gasteiger charge is -2.21. The second-order valence-corrected chi connectivity index (χ2v) is 5.77. The molecule has 8 heteroatoms. The number of rotatable bonds is 5. The number of hydrogen-bond donors (Lipinski definition) is 2. The molecule has 0 aliphatic carbocycles. The Labute approximate surface area is 135 Å². The highest BCUT2D eigenvalue weighted by Gasteiger charge is 2.37. The number of hydrogen-bond acceptors (Lipinski definition) is 6. The van der Waals surface area contributed by atoms with Crippen molar-refractivity contribution in [3.05, 3.63) is 11.4 Å². The van der Waals surface area contributed by atoms with Crippen LogP contribution in [0.25, 0.3) is 0 Å². The fraction of sp³-hybridized carbons (Fsp3) is 0.667. The smallest absolute Gasteiger partial charge is 0.323 e. The Balaban J connectivity index is 2.04. The number of carbonyl (C=O) groups excluding carboxylic acids is 2. The van der Waals surface area contributed by atoms with Crippen LogP contribution in [0.15, 0.2) is 0 Å². The van der Waals surface area contributed by atoms with E-state index in [9.17, 15) is 14.7 Å². The number of nitrogens with one attached hydrogen (secondary N) is 1. The molecular formula is C15H24N4O4. The summed E-state index contributed by atoms with van der Waals surface area (Å²) in [5.41, 5.74) is 2.35. The van der Waals surface area contributed by atoms with Crippen molar-refractivity contribution in [3.63, 3.8) is 0 Å². The van der Waals surface area contributed by atoms with Gasteiger partial charge in [0.05, 0.1) is 36.8 Å². The van der Waals surface area contributed by atoms with E-state index < -0.39 is 18.1 Å². The quantitative estimate of drug-likeness (QED) is 0.744. The van der Waals surface area contributed by atoms with Gasteiger partial charge in [-0.2, -0.15) is 5.10 Å². The first-order valence-electron chi connectivity index (χ1n) is 7.71. The van der Waals surface area contributed by atoms with Gasteiger partial charge in [0.1, 0.15) is 6.04 Å². The molecule has 1 aliphatic rings. The zero-order chi connectivity index (χ0) is 17.1. The third-order valence-electron chi connectivity index (χ3n) is 4.15. The maximum absolute atomic E-state index is 12.3. The van der Waals surface area contributed by atoms with Crippen molar-refractivity contribution in [2.75, 3.05) is 25.5 Å². The lowest BCUT2D eigenvalue weighted by atomic mass is 10.2. The lowest BCUT2D eigenvalue weighted by molar-refractivity contribution is -0.146. The number of aliphatic hydroxyl groups excluding tert-OH is 1. The van der Waals surface area contributed by atoms with Gasteiger partial charge in [0.2, 0.25) is 5.91 Å². The Kier molecular flexibility index (Phi) is 5.38. The van der Waals surface area contributed by atoms with Crippen molar-refractivity contribution in [2.24, 2.45) is 0 Å². The third kappa shape index (κ3) is 3.70. The molecule has 1 amide bonds. The van der Waals surface area contributed by atoms with Crippen molar-refractivity contribution in [1.82, 2.24) is 14.7 Å². The fourth-order valence-electron chi connectivity index (χ4n) is 2.98. The molecule has 2 heterocycles. The van der Waals surface area contributed by atoms with Crippen LogP contribution in [0.3, 0.4) is 0 Å². The van der Waals surface area contributed by atoms with Crippen molar-refractivity contribution in [2.45, 2.75) is 45.9 Å². The van der Waals surface area contributed by atoms with E-state index in [0.717, 1.165) is 17.9 Å². The van der Waals surface area contributed by atoms with Crippen LogP contribution < -0.4 is 5.32 Å². The molecule has 0 bridgehead atoms. The predicted molar refractivity (Wildman–Crippen MR) is 84.0 cm³/mol. The lowest BCUT2D eigenvalue weighted by Crippen LogP contribution is -2.41. The normalized spacial score (nSPS) is 21.4. The highest BCUT2D eigenvalue weighted by molar-refractivity contribution is 5.93. The summed E-state index contributed by atoms with van der Waals surface area (Å²) in [5, 5.41) is 17.0. The summed E-state index contributed by atoms with van der Waals surface area (Å²) < 4.78 is 6.55. The Morgan fingerprint density at radius 1 is 1.43 bits per heavy atom. The molecular weight excluding hydrogens is 300 g/mol. The van der Waals surface area contributed by atoms with Gasteiger partial charge >= 0.3 is 5.97 Å². The van der Waals surface area contributed by atoms with Crippen LogP contribution in [0.1, 0.15) is 24.7 Å². The Hall–Kier alpha value is -1.93. The van der Waals surface area contributed by atoms with Gasteiger partial charge in [-0.1, -0.05) is 0 Å². The largest absolute Gasteiger partial charge is 0.468 e. The number of likely N-dealkylation sites (tertiary alicyclic amines) is 1. The van der Waals surface area contributed by atoms with E-state index in [4.69, 9.17) is 4.74 Å². The molecule has 1 aliphatic heterocycles. The zero-order valence-corrected chi connectivity index (χ0v) is 14.0. The third-order valence-corrected chi connectivity index (χ3v) is 4.15. The van der Waals surface area contributed by atoms with Gasteiger partial charge in [-0.3, -0.25) is 19.2 Å². The van der Waals surface area contributed by atoms with E-state index in [1.54, 1.807) is 4.90 Å². The van der Waals surface area contributed by atoms with Gasteiger partial charge in [-0.05, 0) is 20.8 Å². The maximum atomic E-state index is 12.3. The van der Waals surface area contributed by atoms with Crippen molar-refractivity contribution in [3.8, 4) is 0 Å². The average molecular weight is 324 g/mol. The van der Waals surface area contributed by atoms with E-state index in [1.807, 2.05) is 25.5 Å². The van der Waals surface area contributed by atoms with Crippen molar-refractivity contribution in [1.29, 1.82) is 0 Å². The minimum absolute atomic E-state index is 0.0208. The number of ether oxygens (including phenoxy) is 1. The average Bonchev–Trinajstić information content (AvgIpc) is 3.00. The van der Waals surface area contributed by atoms with E-state index in [-0.39, 0.29) is 25.4 Å². The van der Waals surface area contributed by atoms with Crippen LogP contribution in [0, 0.1) is 13.8 Å². The van der Waals surface area contributed by atoms with Crippen LogP contribution in [0.5, 0.6) is 0 Å². The molecule has 2 N–H and O–H groups in total. The number of amides is 1. The van der Waals surface area contributed by atoms with E-state index in [1.165, 1.54) is 7.11 Å². The molecule has 1 saturated heterocycles. The molecule has 1 fully saturated rings. The zero-order valence-electron chi connectivity index (χ0n) is 14.0. The number of β-amino-alcohol motifs (C(OH)–C–C–N with tert-alkyl or cyclic N) is 1. The van der Waals surface area contributed by atoms with Gasteiger partial charge in [-0.25, -0.2) is 0 Å². The van der Waals surface area contributed by atoms with Crippen LogP contribution >= 0.6 is 0 Å². The monoisotopic (exact) mass is 324 g/mol. The highest BCUT2D eigenvalue weighted by atomic mass is 16.5. The van der Waals surface area contributed by atoms with E-state index in [2.05, 4.69) is 10.4 Å². The molecule has 0 radical (unpaired) electrons. The van der Waals surface area contributed by atoms with Gasteiger partial charge in [0.15, 0.2) is 0 Å². The molecule has 1 aromatic rings. The van der Waals surface area contributed by atoms with Crippen molar-refractivity contribution < 1.29 is 19.4 Å². The van der Waals surface area contributed by atoms with E-state index >= 15 is 0 Å². The molecule has 0 spiro atoms. The van der Waals surface area contributed by atoms with Crippen LogP contribution in [0.4, 0.5) is 5.69 Å². The molecule has 0 unspecified atom stereocenters. The summed E-state index contributed by atoms with van der Waals surface area (Å²) >= 11 is 0. The standard InChI is InChI=1S/C15H24N4O4/c1-5-19-10(3)14(9(2)17-19)16-13(21)8-18-7-11(20)6-12(18)15(22)23-4/h11-12,20H,5-8H2,1-4H3,(H,16,21)/t11-,12+/m1/s1. The van der Waals surface area contributed by atoms with E-state index in [0.29, 0.717) is 5.69 Å². The summed E-state index contributed by atoms with van der Waals surface area (Å²) in [6.45, 7) is 6.75. The first-order valence-corrected chi connectivity index (χ1v) is 7.71. The van der Waals surface area contributed by atoms with Crippen molar-refractivity contribution >= 4 is 17.6 Å². The number of aromatic nitrogens is 2. The predicted octanol–water partition coefficient (Wildman–Crippen LogP) is 0.0665. The molecule has 2 atom stereocenters. The molecule has 0 saturated carbocycles. The number of anilines is 1. The van der Waals surface area contributed by atoms with Crippen LogP contribution in [-0.4, -0.2) is 64.0 Å². The summed E-state index contributed by atoms with van der Waals surface area (Å²) in [4.78, 5) is 25.7. The SMILES string of the molecule is CCn1nc(C)c(NC(=O)CN2C[C@H](O)C[C@H]2C(=O)OC)c1C. The summed E-state index contributed by atoms with van der Waals surface area (Å²) in [7, 11) is 1.30. The minimum Gasteiger partial charge on any atom is -0.468 e. The molecule has 1 aromatic heterocycles.